The van der Waals surface area contributed by atoms with Crippen LogP contribution in [0.4, 0.5) is 24.5 Å². The molecule has 2 aromatic carbocycles. The van der Waals surface area contributed by atoms with Crippen molar-refractivity contribution in [1.82, 2.24) is 9.80 Å². The number of anilines is 2. The zero-order valence-corrected chi connectivity index (χ0v) is 19.4. The smallest absolute Gasteiger partial charge is 0.378 e. The average molecular weight is 477 g/mol. The predicted octanol–water partition coefficient (Wildman–Crippen LogP) is 3.69. The predicted molar refractivity (Wildman–Crippen MR) is 126 cm³/mol. The number of amides is 1. The Morgan fingerprint density at radius 1 is 1.00 bits per heavy atom. The molecular formula is C25H31F3N4O2. The van der Waals surface area contributed by atoms with E-state index in [0.29, 0.717) is 32.0 Å². The normalized spacial score (nSPS) is 19.1. The number of halogens is 3. The fraction of sp³-hybridized carbons (Fsp3) is 0.480. The molecule has 184 valence electrons. The maximum absolute atomic E-state index is 13.4. The number of ether oxygens (including phenoxy) is 1. The molecule has 4 rings (SSSR count). The molecule has 1 amide bonds. The second kappa shape index (κ2) is 10.8. The number of rotatable bonds is 6. The number of morpholine rings is 1. The zero-order chi connectivity index (χ0) is 24.1. The Morgan fingerprint density at radius 3 is 2.32 bits per heavy atom. The van der Waals surface area contributed by atoms with E-state index in [4.69, 9.17) is 4.74 Å². The van der Waals surface area contributed by atoms with Crippen molar-refractivity contribution in [3.63, 3.8) is 0 Å². The first-order valence-corrected chi connectivity index (χ1v) is 11.7. The van der Waals surface area contributed by atoms with Crippen LogP contribution in [0.2, 0.25) is 0 Å². The largest absolute Gasteiger partial charge is 0.416 e. The molecule has 1 N–H and O–H groups in total. The van der Waals surface area contributed by atoms with Gasteiger partial charge in [0.05, 0.1) is 36.2 Å². The number of carbonyl (C=O) groups excluding carboxylic acids is 1. The molecule has 0 saturated carbocycles. The number of piperazine rings is 1. The van der Waals surface area contributed by atoms with Crippen molar-refractivity contribution >= 4 is 17.3 Å². The molecule has 0 unspecified atom stereocenters. The van der Waals surface area contributed by atoms with Crippen LogP contribution in [-0.2, 0) is 22.3 Å². The fourth-order valence-electron chi connectivity index (χ4n) is 4.45. The topological polar surface area (TPSA) is 48.1 Å². The van der Waals surface area contributed by atoms with Crippen molar-refractivity contribution in [2.45, 2.75) is 25.7 Å². The fourth-order valence-corrected chi connectivity index (χ4v) is 4.45. The summed E-state index contributed by atoms with van der Waals surface area (Å²) < 4.78 is 45.5. The number of nitrogens with one attached hydrogen (secondary N) is 1. The number of nitrogens with zero attached hydrogens (tertiary/aromatic N) is 3. The van der Waals surface area contributed by atoms with Gasteiger partial charge in [-0.05, 0) is 30.7 Å². The first-order chi connectivity index (χ1) is 16.3. The highest BCUT2D eigenvalue weighted by molar-refractivity contribution is 5.97. The van der Waals surface area contributed by atoms with Gasteiger partial charge in [0.2, 0.25) is 5.91 Å². The standard InChI is InChI=1S/C25H31F3N4O2/c1-19(31-11-9-30(10-12-31)18-20-5-3-2-4-6-20)24(33)29-22-17-21(25(26,27)28)7-8-23(22)32-13-15-34-16-14-32/h2-8,17,19H,9-16,18H2,1H3,(H,29,33)/t19-/m1/s1. The van der Waals surface area contributed by atoms with E-state index >= 15 is 0 Å². The summed E-state index contributed by atoms with van der Waals surface area (Å²) in [5.41, 5.74) is 1.25. The third kappa shape index (κ3) is 6.08. The molecule has 2 heterocycles. The molecule has 34 heavy (non-hydrogen) atoms. The first-order valence-electron chi connectivity index (χ1n) is 11.7. The monoisotopic (exact) mass is 476 g/mol. The summed E-state index contributed by atoms with van der Waals surface area (Å²) in [6.07, 6.45) is -4.48. The van der Waals surface area contributed by atoms with Crippen molar-refractivity contribution in [2.75, 3.05) is 62.7 Å². The van der Waals surface area contributed by atoms with E-state index in [9.17, 15) is 18.0 Å². The molecule has 0 aromatic heterocycles. The zero-order valence-electron chi connectivity index (χ0n) is 19.4. The Morgan fingerprint density at radius 2 is 1.68 bits per heavy atom. The van der Waals surface area contributed by atoms with Crippen molar-refractivity contribution < 1.29 is 22.7 Å². The molecule has 2 fully saturated rings. The van der Waals surface area contributed by atoms with Gasteiger partial charge in [0.15, 0.2) is 0 Å². The SMILES string of the molecule is C[C@H](C(=O)Nc1cc(C(F)(F)F)ccc1N1CCOCC1)N1CCN(Cc2ccccc2)CC1. The van der Waals surface area contributed by atoms with Gasteiger partial charge in [-0.15, -0.1) is 0 Å². The lowest BCUT2D eigenvalue weighted by Crippen LogP contribution is -2.52. The van der Waals surface area contributed by atoms with Crippen LogP contribution in [0, 0.1) is 0 Å². The third-order valence-corrected chi connectivity index (χ3v) is 6.52. The van der Waals surface area contributed by atoms with Crippen LogP contribution in [0.3, 0.4) is 0 Å². The second-order valence-corrected chi connectivity index (χ2v) is 8.79. The van der Waals surface area contributed by atoms with E-state index in [2.05, 4.69) is 27.2 Å². The molecule has 2 saturated heterocycles. The van der Waals surface area contributed by atoms with Gasteiger partial charge in [-0.1, -0.05) is 30.3 Å². The van der Waals surface area contributed by atoms with Gasteiger partial charge in [0.25, 0.3) is 0 Å². The van der Waals surface area contributed by atoms with Crippen molar-refractivity contribution in [3.8, 4) is 0 Å². The Bertz CT molecular complexity index is 956. The summed E-state index contributed by atoms with van der Waals surface area (Å²) in [5, 5.41) is 2.79. The summed E-state index contributed by atoms with van der Waals surface area (Å²) in [5.74, 6) is -0.301. The Balaban J connectivity index is 1.41. The van der Waals surface area contributed by atoms with E-state index < -0.39 is 17.8 Å². The maximum Gasteiger partial charge on any atom is 0.416 e. The van der Waals surface area contributed by atoms with Crippen LogP contribution < -0.4 is 10.2 Å². The quantitative estimate of drug-likeness (QED) is 0.689. The van der Waals surface area contributed by atoms with Crippen molar-refractivity contribution in [2.24, 2.45) is 0 Å². The lowest BCUT2D eigenvalue weighted by atomic mass is 10.1. The summed E-state index contributed by atoms with van der Waals surface area (Å²) >= 11 is 0. The molecule has 1 atom stereocenters. The molecule has 2 aliphatic rings. The highest BCUT2D eigenvalue weighted by Crippen LogP contribution is 2.36. The van der Waals surface area contributed by atoms with Gasteiger partial charge in [0.1, 0.15) is 0 Å². The molecule has 2 aromatic rings. The van der Waals surface area contributed by atoms with Gasteiger partial charge in [0, 0.05) is 45.8 Å². The molecule has 6 nitrogen and oxygen atoms in total. The van der Waals surface area contributed by atoms with Gasteiger partial charge in [-0.2, -0.15) is 13.2 Å². The van der Waals surface area contributed by atoms with Crippen LogP contribution in [0.1, 0.15) is 18.1 Å². The number of hydrogen-bond acceptors (Lipinski definition) is 5. The second-order valence-electron chi connectivity index (χ2n) is 8.79. The Hall–Kier alpha value is -2.62. The van der Waals surface area contributed by atoms with Gasteiger partial charge < -0.3 is 15.0 Å². The molecule has 0 aliphatic carbocycles. The summed E-state index contributed by atoms with van der Waals surface area (Å²) in [7, 11) is 0. The number of carbonyl (C=O) groups is 1. The van der Waals surface area contributed by atoms with Crippen LogP contribution in [-0.4, -0.2) is 74.2 Å². The van der Waals surface area contributed by atoms with Crippen molar-refractivity contribution in [1.29, 1.82) is 0 Å². The molecule has 0 radical (unpaired) electrons. The van der Waals surface area contributed by atoms with Crippen molar-refractivity contribution in [3.05, 3.63) is 59.7 Å². The first kappa shape index (κ1) is 24.5. The summed E-state index contributed by atoms with van der Waals surface area (Å²) in [4.78, 5) is 19.5. The van der Waals surface area contributed by atoms with E-state index in [-0.39, 0.29) is 11.6 Å². The third-order valence-electron chi connectivity index (χ3n) is 6.52. The molecule has 0 spiro atoms. The molecule has 9 heteroatoms. The van der Waals surface area contributed by atoms with E-state index in [1.807, 2.05) is 30.0 Å². The molecule has 2 aliphatic heterocycles. The minimum absolute atomic E-state index is 0.191. The number of benzene rings is 2. The Labute approximate surface area is 198 Å². The van der Waals surface area contributed by atoms with E-state index in [1.165, 1.54) is 11.6 Å². The Kier molecular flexibility index (Phi) is 7.75. The summed E-state index contributed by atoms with van der Waals surface area (Å²) in [6.45, 7) is 7.90. The lowest BCUT2D eigenvalue weighted by Gasteiger charge is -2.37. The molecule has 0 bridgehead atoms. The van der Waals surface area contributed by atoms with Crippen LogP contribution in [0.5, 0.6) is 0 Å². The molecular weight excluding hydrogens is 445 g/mol. The highest BCUT2D eigenvalue weighted by Gasteiger charge is 2.32. The van der Waals surface area contributed by atoms with E-state index in [1.54, 1.807) is 0 Å². The number of hydrogen-bond donors (Lipinski definition) is 1. The van der Waals surface area contributed by atoms with Gasteiger partial charge in [-0.3, -0.25) is 14.6 Å². The van der Waals surface area contributed by atoms with Crippen LogP contribution in [0.15, 0.2) is 48.5 Å². The van der Waals surface area contributed by atoms with Crippen LogP contribution >= 0.6 is 0 Å². The number of alkyl halides is 3. The minimum atomic E-state index is -4.48. The van der Waals surface area contributed by atoms with Crippen LogP contribution in [0.25, 0.3) is 0 Å². The average Bonchev–Trinajstić information content (AvgIpc) is 2.84. The van der Waals surface area contributed by atoms with E-state index in [0.717, 1.165) is 44.9 Å². The van der Waals surface area contributed by atoms with Gasteiger partial charge in [-0.25, -0.2) is 0 Å². The maximum atomic E-state index is 13.4. The highest BCUT2D eigenvalue weighted by atomic mass is 19.4. The van der Waals surface area contributed by atoms with Gasteiger partial charge >= 0.3 is 6.18 Å². The summed E-state index contributed by atoms with van der Waals surface area (Å²) in [6, 6.07) is 13.3. The minimum Gasteiger partial charge on any atom is -0.378 e. The lowest BCUT2D eigenvalue weighted by molar-refractivity contribution is -0.137.